The van der Waals surface area contributed by atoms with Gasteiger partial charge in [0.15, 0.2) is 17.3 Å². The SMILES string of the molecule is COc1cccc(C(=O)C=Cc2cc(OC)c(O)cc2Br)c1. The Morgan fingerprint density at radius 1 is 1.18 bits per heavy atom. The molecule has 22 heavy (non-hydrogen) atoms. The Labute approximate surface area is 137 Å². The zero-order chi connectivity index (χ0) is 16.1. The van der Waals surface area contributed by atoms with Crippen molar-refractivity contribution in [1.29, 1.82) is 0 Å². The average Bonchev–Trinajstić information content (AvgIpc) is 2.53. The van der Waals surface area contributed by atoms with Crippen LogP contribution in [0.25, 0.3) is 6.08 Å². The van der Waals surface area contributed by atoms with Crippen LogP contribution in [0.3, 0.4) is 0 Å². The molecule has 1 N–H and O–H groups in total. The molecule has 0 unspecified atom stereocenters. The van der Waals surface area contributed by atoms with Gasteiger partial charge in [0, 0.05) is 10.0 Å². The van der Waals surface area contributed by atoms with Crippen molar-refractivity contribution in [3.63, 3.8) is 0 Å². The molecule has 0 spiro atoms. The predicted octanol–water partition coefficient (Wildman–Crippen LogP) is 4.07. The van der Waals surface area contributed by atoms with Gasteiger partial charge in [-0.05, 0) is 42.0 Å². The lowest BCUT2D eigenvalue weighted by Gasteiger charge is -2.06. The van der Waals surface area contributed by atoms with E-state index in [1.54, 1.807) is 43.5 Å². The number of hydrogen-bond acceptors (Lipinski definition) is 4. The van der Waals surface area contributed by atoms with Gasteiger partial charge in [-0.25, -0.2) is 0 Å². The van der Waals surface area contributed by atoms with Gasteiger partial charge in [-0.1, -0.05) is 28.1 Å². The van der Waals surface area contributed by atoms with Gasteiger partial charge in [-0.3, -0.25) is 4.79 Å². The minimum atomic E-state index is -0.141. The fourth-order valence-corrected chi connectivity index (χ4v) is 2.35. The Bertz CT molecular complexity index is 723. The molecule has 5 heteroatoms. The van der Waals surface area contributed by atoms with Crippen molar-refractivity contribution in [3.05, 3.63) is 58.1 Å². The van der Waals surface area contributed by atoms with Crippen molar-refractivity contribution < 1.29 is 19.4 Å². The second kappa shape index (κ2) is 7.13. The molecule has 0 heterocycles. The highest BCUT2D eigenvalue weighted by molar-refractivity contribution is 9.10. The zero-order valence-electron chi connectivity index (χ0n) is 12.2. The first-order valence-electron chi connectivity index (χ1n) is 6.48. The van der Waals surface area contributed by atoms with Gasteiger partial charge in [-0.2, -0.15) is 0 Å². The van der Waals surface area contributed by atoms with Crippen LogP contribution >= 0.6 is 15.9 Å². The van der Waals surface area contributed by atoms with Crippen molar-refractivity contribution in [2.75, 3.05) is 14.2 Å². The second-order valence-corrected chi connectivity index (χ2v) is 5.33. The van der Waals surface area contributed by atoms with Crippen molar-refractivity contribution in [2.24, 2.45) is 0 Å². The highest BCUT2D eigenvalue weighted by Crippen LogP contribution is 2.33. The summed E-state index contributed by atoms with van der Waals surface area (Å²) in [7, 11) is 3.02. The summed E-state index contributed by atoms with van der Waals surface area (Å²) in [5.41, 5.74) is 1.27. The summed E-state index contributed by atoms with van der Waals surface area (Å²) in [6, 6.07) is 10.1. The molecular formula is C17H15BrO4. The van der Waals surface area contributed by atoms with Crippen molar-refractivity contribution in [1.82, 2.24) is 0 Å². The molecule has 0 aliphatic rings. The molecule has 0 aromatic heterocycles. The Kier molecular flexibility index (Phi) is 5.22. The van der Waals surface area contributed by atoms with Gasteiger partial charge in [-0.15, -0.1) is 0 Å². The van der Waals surface area contributed by atoms with Crippen LogP contribution in [-0.4, -0.2) is 25.1 Å². The van der Waals surface area contributed by atoms with Crippen molar-refractivity contribution in [2.45, 2.75) is 0 Å². The van der Waals surface area contributed by atoms with Crippen molar-refractivity contribution >= 4 is 27.8 Å². The number of halogens is 1. The summed E-state index contributed by atoms with van der Waals surface area (Å²) in [6.07, 6.45) is 3.12. The highest BCUT2D eigenvalue weighted by atomic mass is 79.9. The molecule has 0 fully saturated rings. The minimum Gasteiger partial charge on any atom is -0.504 e. The average molecular weight is 363 g/mol. The highest BCUT2D eigenvalue weighted by Gasteiger charge is 2.07. The van der Waals surface area contributed by atoms with E-state index in [1.165, 1.54) is 19.3 Å². The minimum absolute atomic E-state index is 0.0330. The number of phenols is 1. The molecular weight excluding hydrogens is 348 g/mol. The summed E-state index contributed by atoms with van der Waals surface area (Å²) in [4.78, 5) is 12.2. The molecule has 0 aliphatic carbocycles. The van der Waals surface area contributed by atoms with Gasteiger partial charge in [0.2, 0.25) is 0 Å². The molecule has 0 atom stereocenters. The number of phenolic OH excluding ortho intramolecular Hbond substituents is 1. The van der Waals surface area contributed by atoms with Gasteiger partial charge < -0.3 is 14.6 Å². The summed E-state index contributed by atoms with van der Waals surface area (Å²) in [5.74, 6) is 0.868. The predicted molar refractivity (Wildman–Crippen MR) is 88.7 cm³/mol. The Morgan fingerprint density at radius 2 is 1.95 bits per heavy atom. The van der Waals surface area contributed by atoms with Gasteiger partial charge in [0.25, 0.3) is 0 Å². The molecule has 114 valence electrons. The van der Waals surface area contributed by atoms with Crippen LogP contribution in [0.2, 0.25) is 0 Å². The smallest absolute Gasteiger partial charge is 0.185 e. The van der Waals surface area contributed by atoms with E-state index in [4.69, 9.17) is 9.47 Å². The maximum Gasteiger partial charge on any atom is 0.185 e. The summed E-state index contributed by atoms with van der Waals surface area (Å²) in [5, 5.41) is 9.67. The van der Waals surface area contributed by atoms with Crippen molar-refractivity contribution in [3.8, 4) is 17.2 Å². The fourth-order valence-electron chi connectivity index (χ4n) is 1.89. The molecule has 0 saturated heterocycles. The number of benzene rings is 2. The summed E-state index contributed by atoms with van der Waals surface area (Å²) in [6.45, 7) is 0. The third-order valence-corrected chi connectivity index (χ3v) is 3.75. The fraction of sp³-hybridized carbons (Fsp3) is 0.118. The van der Waals surface area contributed by atoms with Crippen LogP contribution in [0, 0.1) is 0 Å². The van der Waals surface area contributed by atoms with E-state index < -0.39 is 0 Å². The zero-order valence-corrected chi connectivity index (χ0v) is 13.8. The van der Waals surface area contributed by atoms with Gasteiger partial charge in [0.05, 0.1) is 14.2 Å². The molecule has 4 nitrogen and oxygen atoms in total. The van der Waals surface area contributed by atoms with E-state index >= 15 is 0 Å². The molecule has 0 aliphatic heterocycles. The number of ketones is 1. The number of carbonyl (C=O) groups is 1. The number of aromatic hydroxyl groups is 1. The molecule has 2 aromatic carbocycles. The lowest BCUT2D eigenvalue weighted by Crippen LogP contribution is -1.95. The first-order valence-corrected chi connectivity index (χ1v) is 7.27. The number of methoxy groups -OCH3 is 2. The molecule has 2 aromatic rings. The normalized spacial score (nSPS) is 10.7. The number of rotatable bonds is 5. The van der Waals surface area contributed by atoms with E-state index in [9.17, 15) is 9.90 Å². The maximum atomic E-state index is 12.2. The first kappa shape index (κ1) is 16.1. The summed E-state index contributed by atoms with van der Waals surface area (Å²) >= 11 is 3.34. The number of allylic oxidation sites excluding steroid dienone is 1. The van der Waals surface area contributed by atoms with Crippen LogP contribution in [-0.2, 0) is 0 Å². The third-order valence-electron chi connectivity index (χ3n) is 3.07. The number of ether oxygens (including phenoxy) is 2. The van der Waals surface area contributed by atoms with Gasteiger partial charge in [0.1, 0.15) is 5.75 Å². The standard InChI is InChI=1S/C17H15BrO4/c1-21-13-5-3-4-12(8-13)15(19)7-6-11-9-17(22-2)16(20)10-14(11)18/h3-10,20H,1-2H3. The number of hydrogen-bond donors (Lipinski definition) is 1. The quantitative estimate of drug-likeness (QED) is 0.643. The van der Waals surface area contributed by atoms with E-state index in [0.717, 1.165) is 5.56 Å². The Balaban J connectivity index is 2.26. The maximum absolute atomic E-state index is 12.2. The van der Waals surface area contributed by atoms with Crippen LogP contribution in [0.15, 0.2) is 46.9 Å². The number of carbonyl (C=O) groups excluding carboxylic acids is 1. The lowest BCUT2D eigenvalue weighted by atomic mass is 10.1. The van der Waals surface area contributed by atoms with Crippen LogP contribution in [0.5, 0.6) is 17.2 Å². The lowest BCUT2D eigenvalue weighted by molar-refractivity contribution is 0.104. The van der Waals surface area contributed by atoms with Gasteiger partial charge >= 0.3 is 0 Å². The van der Waals surface area contributed by atoms with Crippen LogP contribution in [0.1, 0.15) is 15.9 Å². The largest absolute Gasteiger partial charge is 0.504 e. The van der Waals surface area contributed by atoms with E-state index in [-0.39, 0.29) is 11.5 Å². The van der Waals surface area contributed by atoms with E-state index in [2.05, 4.69) is 15.9 Å². The molecule has 0 amide bonds. The molecule has 0 bridgehead atoms. The summed E-state index contributed by atoms with van der Waals surface area (Å²) < 4.78 is 10.8. The Morgan fingerprint density at radius 3 is 2.64 bits per heavy atom. The van der Waals surface area contributed by atoms with E-state index in [0.29, 0.717) is 21.5 Å². The topological polar surface area (TPSA) is 55.8 Å². The monoisotopic (exact) mass is 362 g/mol. The molecule has 0 saturated carbocycles. The second-order valence-electron chi connectivity index (χ2n) is 4.48. The Hall–Kier alpha value is -2.27. The molecule has 2 rings (SSSR count). The van der Waals surface area contributed by atoms with Crippen LogP contribution < -0.4 is 9.47 Å². The molecule has 0 radical (unpaired) electrons. The van der Waals surface area contributed by atoms with E-state index in [1.807, 2.05) is 0 Å². The third kappa shape index (κ3) is 3.68. The van der Waals surface area contributed by atoms with Crippen LogP contribution in [0.4, 0.5) is 0 Å². The first-order chi connectivity index (χ1) is 10.5.